The van der Waals surface area contributed by atoms with Gasteiger partial charge in [-0.3, -0.25) is 4.79 Å². The summed E-state index contributed by atoms with van der Waals surface area (Å²) in [5.41, 5.74) is 6.32. The fraction of sp³-hybridized carbons (Fsp3) is 0.391. The molecule has 0 spiro atoms. The van der Waals surface area contributed by atoms with Crippen LogP contribution in [0.3, 0.4) is 0 Å². The van der Waals surface area contributed by atoms with Crippen LogP contribution in [0.15, 0.2) is 53.5 Å². The van der Waals surface area contributed by atoms with Gasteiger partial charge in [-0.15, -0.1) is 0 Å². The third kappa shape index (κ3) is 6.31. The molecule has 2 fully saturated rings. The summed E-state index contributed by atoms with van der Waals surface area (Å²) in [4.78, 5) is 16.8. The molecule has 0 bridgehead atoms. The molecule has 2 unspecified atom stereocenters. The number of rotatable bonds is 4. The lowest BCUT2D eigenvalue weighted by molar-refractivity contribution is -0.137. The number of nitrogens with zero attached hydrogens (tertiary/aromatic N) is 1. The Morgan fingerprint density at radius 2 is 1.65 bits per heavy atom. The van der Waals surface area contributed by atoms with Crippen LogP contribution in [0.5, 0.6) is 0 Å². The number of carbonyl (C=O) groups excluding carboxylic acids is 1. The molecule has 34 heavy (non-hydrogen) atoms. The zero-order chi connectivity index (χ0) is 24.1. The molecule has 0 saturated carbocycles. The van der Waals surface area contributed by atoms with E-state index in [1.165, 1.54) is 12.1 Å². The van der Waals surface area contributed by atoms with Crippen molar-refractivity contribution in [2.24, 2.45) is 4.99 Å². The smallest absolute Gasteiger partial charge is 0.381 e. The van der Waals surface area contributed by atoms with E-state index in [2.05, 4.69) is 26.5 Å². The largest absolute Gasteiger partial charge is 0.416 e. The number of benzene rings is 2. The molecule has 2 aromatic rings. The first-order valence-electron chi connectivity index (χ1n) is 11.0. The number of alkyl halides is 3. The van der Waals surface area contributed by atoms with Crippen molar-refractivity contribution >= 4 is 11.9 Å². The van der Waals surface area contributed by atoms with Crippen molar-refractivity contribution in [1.29, 1.82) is 0 Å². The van der Waals surface area contributed by atoms with Crippen molar-refractivity contribution in [3.63, 3.8) is 0 Å². The maximum absolute atomic E-state index is 13.2. The van der Waals surface area contributed by atoms with Crippen molar-refractivity contribution in [1.82, 2.24) is 21.5 Å². The van der Waals surface area contributed by atoms with Crippen molar-refractivity contribution < 1.29 is 27.1 Å². The van der Waals surface area contributed by atoms with E-state index in [4.69, 9.17) is 4.74 Å². The molecule has 2 atom stereocenters. The molecule has 0 radical (unpaired) electrons. The lowest BCUT2D eigenvalue weighted by Crippen LogP contribution is -2.52. The SMILES string of the molecule is O=C(/N=C(/NC1CCOCC1)NC1CC(c2ccc(F)cc2)NN1)c1ccc(C(F)(F)F)cc1. The van der Waals surface area contributed by atoms with Crippen LogP contribution in [0.2, 0.25) is 0 Å². The molecule has 0 aromatic heterocycles. The van der Waals surface area contributed by atoms with Crippen LogP contribution in [-0.2, 0) is 10.9 Å². The van der Waals surface area contributed by atoms with E-state index in [-0.39, 0.29) is 35.6 Å². The minimum atomic E-state index is -4.48. The number of hydrogen-bond donors (Lipinski definition) is 4. The van der Waals surface area contributed by atoms with Gasteiger partial charge in [-0.2, -0.15) is 18.2 Å². The Hall–Kier alpha value is -3.02. The number of halogens is 4. The first-order chi connectivity index (χ1) is 16.3. The number of aliphatic imine (C=N–C) groups is 1. The highest BCUT2D eigenvalue weighted by atomic mass is 19.4. The third-order valence-electron chi connectivity index (χ3n) is 5.72. The molecule has 2 heterocycles. The van der Waals surface area contributed by atoms with Gasteiger partial charge in [0.25, 0.3) is 5.91 Å². The topological polar surface area (TPSA) is 86.8 Å². The number of ether oxygens (including phenoxy) is 1. The van der Waals surface area contributed by atoms with Gasteiger partial charge in [0.1, 0.15) is 5.82 Å². The van der Waals surface area contributed by atoms with E-state index in [0.717, 1.165) is 42.7 Å². The van der Waals surface area contributed by atoms with Crippen molar-refractivity contribution in [3.05, 3.63) is 71.0 Å². The predicted octanol–water partition coefficient (Wildman–Crippen LogP) is 3.26. The molecule has 2 aromatic carbocycles. The van der Waals surface area contributed by atoms with Gasteiger partial charge in [-0.05, 0) is 54.8 Å². The van der Waals surface area contributed by atoms with Gasteiger partial charge in [0, 0.05) is 37.3 Å². The summed E-state index contributed by atoms with van der Waals surface area (Å²) in [6.45, 7) is 1.15. The number of amides is 1. The molecule has 182 valence electrons. The summed E-state index contributed by atoms with van der Waals surface area (Å²) in [5.74, 6) is -0.770. The van der Waals surface area contributed by atoms with Gasteiger partial charge < -0.3 is 15.4 Å². The molecular weight excluding hydrogens is 454 g/mol. The Balaban J connectivity index is 1.46. The third-order valence-corrected chi connectivity index (χ3v) is 5.72. The summed E-state index contributed by atoms with van der Waals surface area (Å²) in [5, 5.41) is 6.38. The maximum atomic E-state index is 13.2. The fourth-order valence-corrected chi connectivity index (χ4v) is 3.84. The average Bonchev–Trinajstić information content (AvgIpc) is 3.28. The van der Waals surface area contributed by atoms with Crippen LogP contribution in [0, 0.1) is 5.82 Å². The summed E-state index contributed by atoms with van der Waals surface area (Å²) >= 11 is 0. The summed E-state index contributed by atoms with van der Waals surface area (Å²) in [7, 11) is 0. The highest BCUT2D eigenvalue weighted by molar-refractivity contribution is 6.02. The Morgan fingerprint density at radius 3 is 2.29 bits per heavy atom. The van der Waals surface area contributed by atoms with E-state index in [9.17, 15) is 22.4 Å². The standard InChI is InChI=1S/C23H25F4N5O2/c24-17-7-3-14(4-8-17)19-13-20(32-31-19)29-22(28-18-9-11-34-12-10-18)30-21(33)15-1-5-16(6-2-15)23(25,26)27/h1-8,18-20,31-32H,9-13H2,(H2,28,29,30,33). The first kappa shape index (κ1) is 24.1. The second-order valence-electron chi connectivity index (χ2n) is 8.20. The van der Waals surface area contributed by atoms with Crippen LogP contribution < -0.4 is 21.5 Å². The number of hydrazine groups is 1. The molecule has 2 aliphatic rings. The Bertz CT molecular complexity index is 1010. The second kappa shape index (κ2) is 10.5. The van der Waals surface area contributed by atoms with Gasteiger partial charge in [-0.25, -0.2) is 15.2 Å². The van der Waals surface area contributed by atoms with E-state index < -0.39 is 17.6 Å². The quantitative estimate of drug-likeness (QED) is 0.306. The Kier molecular flexibility index (Phi) is 7.44. The van der Waals surface area contributed by atoms with Gasteiger partial charge >= 0.3 is 6.18 Å². The maximum Gasteiger partial charge on any atom is 0.416 e. The highest BCUT2D eigenvalue weighted by Gasteiger charge is 2.30. The molecule has 11 heteroatoms. The van der Waals surface area contributed by atoms with Crippen LogP contribution >= 0.6 is 0 Å². The van der Waals surface area contributed by atoms with E-state index >= 15 is 0 Å². The molecular formula is C23H25F4N5O2. The second-order valence-corrected chi connectivity index (χ2v) is 8.20. The minimum Gasteiger partial charge on any atom is -0.381 e. The van der Waals surface area contributed by atoms with Gasteiger partial charge in [-0.1, -0.05) is 12.1 Å². The summed E-state index contributed by atoms with van der Waals surface area (Å²) < 4.78 is 57.0. The Morgan fingerprint density at radius 1 is 0.971 bits per heavy atom. The summed E-state index contributed by atoms with van der Waals surface area (Å²) in [6, 6.07) is 10.0. The number of guanidine groups is 1. The lowest BCUT2D eigenvalue weighted by atomic mass is 10.0. The molecule has 2 saturated heterocycles. The fourth-order valence-electron chi connectivity index (χ4n) is 3.84. The number of nitrogens with one attached hydrogen (secondary N) is 4. The van der Waals surface area contributed by atoms with Crippen LogP contribution in [0.25, 0.3) is 0 Å². The highest BCUT2D eigenvalue weighted by Crippen LogP contribution is 2.29. The van der Waals surface area contributed by atoms with E-state index in [0.29, 0.717) is 19.6 Å². The van der Waals surface area contributed by atoms with Gasteiger partial charge in [0.2, 0.25) is 5.96 Å². The zero-order valence-corrected chi connectivity index (χ0v) is 18.2. The van der Waals surface area contributed by atoms with Gasteiger partial charge in [0.05, 0.1) is 11.7 Å². The van der Waals surface area contributed by atoms with Crippen LogP contribution in [0.4, 0.5) is 17.6 Å². The monoisotopic (exact) mass is 479 g/mol. The molecule has 4 N–H and O–H groups in total. The number of carbonyl (C=O) groups is 1. The first-order valence-corrected chi connectivity index (χ1v) is 11.0. The average molecular weight is 479 g/mol. The van der Waals surface area contributed by atoms with E-state index in [1.54, 1.807) is 12.1 Å². The summed E-state index contributed by atoms with van der Waals surface area (Å²) in [6.07, 6.45) is -2.76. The number of hydrogen-bond acceptors (Lipinski definition) is 4. The molecule has 7 nitrogen and oxygen atoms in total. The van der Waals surface area contributed by atoms with Crippen molar-refractivity contribution in [2.45, 2.75) is 43.7 Å². The molecule has 2 aliphatic heterocycles. The van der Waals surface area contributed by atoms with E-state index in [1.807, 2.05) is 0 Å². The van der Waals surface area contributed by atoms with Crippen molar-refractivity contribution in [3.8, 4) is 0 Å². The zero-order valence-electron chi connectivity index (χ0n) is 18.2. The Labute approximate surface area is 193 Å². The van der Waals surface area contributed by atoms with Crippen LogP contribution in [0.1, 0.15) is 46.8 Å². The molecule has 0 aliphatic carbocycles. The normalized spacial score (nSPS) is 21.9. The molecule has 4 rings (SSSR count). The van der Waals surface area contributed by atoms with Crippen LogP contribution in [-0.4, -0.2) is 37.3 Å². The lowest BCUT2D eigenvalue weighted by Gasteiger charge is -2.26. The van der Waals surface area contributed by atoms with Gasteiger partial charge in [0.15, 0.2) is 0 Å². The van der Waals surface area contributed by atoms with Crippen molar-refractivity contribution in [2.75, 3.05) is 13.2 Å². The minimum absolute atomic E-state index is 0.0302. The predicted molar refractivity (Wildman–Crippen MR) is 117 cm³/mol. The molecule has 1 amide bonds.